The standard InChI is InChI=1S/C21H20N4/c1-21(2,3)16-6-8-17(9-7-16)25-19-10-12-23-14-18(19)24-20(25)15-5-4-11-22-13-15/h4-14H,1-3H3. The summed E-state index contributed by atoms with van der Waals surface area (Å²) in [4.78, 5) is 13.2. The Labute approximate surface area is 147 Å². The zero-order valence-corrected chi connectivity index (χ0v) is 14.6. The van der Waals surface area contributed by atoms with E-state index in [-0.39, 0.29) is 5.41 Å². The number of imidazole rings is 1. The summed E-state index contributed by atoms with van der Waals surface area (Å²) in [6.45, 7) is 6.67. The van der Waals surface area contributed by atoms with Crippen molar-refractivity contribution in [3.05, 3.63) is 72.8 Å². The average molecular weight is 328 g/mol. The van der Waals surface area contributed by atoms with E-state index >= 15 is 0 Å². The fraction of sp³-hybridized carbons (Fsp3) is 0.190. The van der Waals surface area contributed by atoms with Gasteiger partial charge in [0.25, 0.3) is 0 Å². The first kappa shape index (κ1) is 15.5. The maximum Gasteiger partial charge on any atom is 0.147 e. The summed E-state index contributed by atoms with van der Waals surface area (Å²) in [6.07, 6.45) is 7.22. The lowest BCUT2D eigenvalue weighted by atomic mass is 9.87. The molecule has 1 aromatic carbocycles. The molecular weight excluding hydrogens is 308 g/mol. The van der Waals surface area contributed by atoms with Crippen molar-refractivity contribution in [1.82, 2.24) is 19.5 Å². The van der Waals surface area contributed by atoms with Gasteiger partial charge in [0.15, 0.2) is 0 Å². The van der Waals surface area contributed by atoms with Crippen molar-refractivity contribution in [2.75, 3.05) is 0 Å². The lowest BCUT2D eigenvalue weighted by Gasteiger charge is -2.19. The predicted molar refractivity (Wildman–Crippen MR) is 101 cm³/mol. The van der Waals surface area contributed by atoms with Crippen molar-refractivity contribution in [3.8, 4) is 17.1 Å². The highest BCUT2D eigenvalue weighted by Gasteiger charge is 2.16. The SMILES string of the molecule is CC(C)(C)c1ccc(-n2c(-c3cccnc3)nc3cnccc32)cc1. The highest BCUT2D eigenvalue weighted by atomic mass is 15.1. The topological polar surface area (TPSA) is 43.6 Å². The van der Waals surface area contributed by atoms with Gasteiger partial charge in [0.05, 0.1) is 11.7 Å². The third kappa shape index (κ3) is 2.80. The zero-order valence-electron chi connectivity index (χ0n) is 14.6. The van der Waals surface area contributed by atoms with Crippen LogP contribution in [0.15, 0.2) is 67.3 Å². The second-order valence-electron chi connectivity index (χ2n) is 7.17. The molecule has 4 rings (SSSR count). The van der Waals surface area contributed by atoms with Crippen LogP contribution in [-0.4, -0.2) is 19.5 Å². The molecule has 0 atom stereocenters. The summed E-state index contributed by atoms with van der Waals surface area (Å²) >= 11 is 0. The third-order valence-corrected chi connectivity index (χ3v) is 4.37. The monoisotopic (exact) mass is 328 g/mol. The van der Waals surface area contributed by atoms with Crippen LogP contribution in [0.1, 0.15) is 26.3 Å². The average Bonchev–Trinajstić information content (AvgIpc) is 3.01. The number of aromatic nitrogens is 4. The molecule has 0 aliphatic rings. The molecule has 0 unspecified atom stereocenters. The summed E-state index contributed by atoms with van der Waals surface area (Å²) in [5, 5.41) is 0. The van der Waals surface area contributed by atoms with E-state index in [0.717, 1.165) is 28.1 Å². The summed E-state index contributed by atoms with van der Waals surface area (Å²) in [7, 11) is 0. The van der Waals surface area contributed by atoms with E-state index in [4.69, 9.17) is 4.98 Å². The van der Waals surface area contributed by atoms with Gasteiger partial charge in [-0.1, -0.05) is 32.9 Å². The van der Waals surface area contributed by atoms with Crippen LogP contribution >= 0.6 is 0 Å². The van der Waals surface area contributed by atoms with Crippen LogP contribution in [0.5, 0.6) is 0 Å². The Bertz CT molecular complexity index is 1010. The van der Waals surface area contributed by atoms with E-state index in [1.165, 1.54) is 5.56 Å². The molecule has 0 N–H and O–H groups in total. The fourth-order valence-corrected chi connectivity index (χ4v) is 2.99. The normalized spacial score (nSPS) is 11.8. The third-order valence-electron chi connectivity index (χ3n) is 4.37. The van der Waals surface area contributed by atoms with E-state index in [2.05, 4.69) is 59.6 Å². The molecule has 4 aromatic rings. The van der Waals surface area contributed by atoms with Gasteiger partial charge in [0, 0.05) is 29.8 Å². The van der Waals surface area contributed by atoms with Gasteiger partial charge >= 0.3 is 0 Å². The van der Waals surface area contributed by atoms with Crippen molar-refractivity contribution in [3.63, 3.8) is 0 Å². The fourth-order valence-electron chi connectivity index (χ4n) is 2.99. The molecule has 0 bridgehead atoms. The first-order valence-corrected chi connectivity index (χ1v) is 8.38. The van der Waals surface area contributed by atoms with Gasteiger partial charge in [0.2, 0.25) is 0 Å². The van der Waals surface area contributed by atoms with Crippen LogP contribution in [0.25, 0.3) is 28.1 Å². The van der Waals surface area contributed by atoms with Crippen LogP contribution in [-0.2, 0) is 5.41 Å². The van der Waals surface area contributed by atoms with Gasteiger partial charge < -0.3 is 0 Å². The quantitative estimate of drug-likeness (QED) is 0.532. The Hall–Kier alpha value is -3.01. The van der Waals surface area contributed by atoms with Crippen molar-refractivity contribution in [2.45, 2.75) is 26.2 Å². The predicted octanol–water partition coefficient (Wildman–Crippen LogP) is 4.78. The van der Waals surface area contributed by atoms with Crippen LogP contribution in [0.2, 0.25) is 0 Å². The summed E-state index contributed by atoms with van der Waals surface area (Å²) in [6, 6.07) is 14.6. The highest BCUT2D eigenvalue weighted by molar-refractivity contribution is 5.82. The molecule has 0 saturated heterocycles. The molecule has 124 valence electrons. The molecule has 0 radical (unpaired) electrons. The van der Waals surface area contributed by atoms with Gasteiger partial charge in [-0.05, 0) is 41.3 Å². The van der Waals surface area contributed by atoms with Crippen molar-refractivity contribution in [1.29, 1.82) is 0 Å². The van der Waals surface area contributed by atoms with Gasteiger partial charge in [0.1, 0.15) is 11.3 Å². The van der Waals surface area contributed by atoms with E-state index in [0.29, 0.717) is 0 Å². The van der Waals surface area contributed by atoms with Gasteiger partial charge in [-0.3, -0.25) is 14.5 Å². The molecule has 0 aliphatic carbocycles. The molecule has 4 heteroatoms. The number of rotatable bonds is 2. The highest BCUT2D eigenvalue weighted by Crippen LogP contribution is 2.29. The smallest absolute Gasteiger partial charge is 0.147 e. The molecule has 0 saturated carbocycles. The molecule has 4 nitrogen and oxygen atoms in total. The maximum absolute atomic E-state index is 4.79. The minimum Gasteiger partial charge on any atom is -0.292 e. The van der Waals surface area contributed by atoms with E-state index < -0.39 is 0 Å². The molecule has 3 heterocycles. The van der Waals surface area contributed by atoms with E-state index in [9.17, 15) is 0 Å². The Balaban J connectivity index is 1.94. The zero-order chi connectivity index (χ0) is 17.4. The molecule has 0 spiro atoms. The number of hydrogen-bond donors (Lipinski definition) is 0. The summed E-state index contributed by atoms with van der Waals surface area (Å²) < 4.78 is 2.17. The molecule has 3 aromatic heterocycles. The molecule has 0 fully saturated rings. The molecular formula is C21H20N4. The Morgan fingerprint density at radius 2 is 1.60 bits per heavy atom. The van der Waals surface area contributed by atoms with Crippen molar-refractivity contribution in [2.24, 2.45) is 0 Å². The lowest BCUT2D eigenvalue weighted by molar-refractivity contribution is 0.590. The van der Waals surface area contributed by atoms with Crippen molar-refractivity contribution < 1.29 is 0 Å². The van der Waals surface area contributed by atoms with E-state index in [1.54, 1.807) is 18.6 Å². The number of fused-ring (bicyclic) bond motifs is 1. The van der Waals surface area contributed by atoms with Crippen LogP contribution in [0.4, 0.5) is 0 Å². The van der Waals surface area contributed by atoms with Gasteiger partial charge in [-0.2, -0.15) is 0 Å². The van der Waals surface area contributed by atoms with E-state index in [1.807, 2.05) is 24.4 Å². The summed E-state index contributed by atoms with van der Waals surface area (Å²) in [5.74, 6) is 0.875. The largest absolute Gasteiger partial charge is 0.292 e. The van der Waals surface area contributed by atoms with Crippen LogP contribution < -0.4 is 0 Å². The molecule has 0 amide bonds. The number of pyridine rings is 2. The molecule has 0 aliphatic heterocycles. The minimum atomic E-state index is 0.131. The second-order valence-corrected chi connectivity index (χ2v) is 7.17. The number of nitrogens with zero attached hydrogens (tertiary/aromatic N) is 4. The Kier molecular flexibility index (Phi) is 3.61. The Morgan fingerprint density at radius 1 is 0.840 bits per heavy atom. The molecule has 25 heavy (non-hydrogen) atoms. The first-order chi connectivity index (χ1) is 12.0. The first-order valence-electron chi connectivity index (χ1n) is 8.38. The van der Waals surface area contributed by atoms with Gasteiger partial charge in [-0.25, -0.2) is 4.98 Å². The minimum absolute atomic E-state index is 0.131. The number of benzene rings is 1. The lowest BCUT2D eigenvalue weighted by Crippen LogP contribution is -2.11. The number of hydrogen-bond acceptors (Lipinski definition) is 3. The maximum atomic E-state index is 4.79. The second kappa shape index (κ2) is 5.81. The van der Waals surface area contributed by atoms with Crippen LogP contribution in [0, 0.1) is 0 Å². The van der Waals surface area contributed by atoms with Gasteiger partial charge in [-0.15, -0.1) is 0 Å². The Morgan fingerprint density at radius 3 is 2.28 bits per heavy atom. The summed E-state index contributed by atoms with van der Waals surface area (Å²) in [5.41, 5.74) is 5.43. The van der Waals surface area contributed by atoms with Crippen molar-refractivity contribution >= 4 is 11.0 Å². The van der Waals surface area contributed by atoms with Crippen LogP contribution in [0.3, 0.4) is 0 Å².